The summed E-state index contributed by atoms with van der Waals surface area (Å²) in [6, 6.07) is 4.50. The minimum absolute atomic E-state index is 0.194. The van der Waals surface area contributed by atoms with Crippen LogP contribution in [0.15, 0.2) is 18.2 Å². The number of nitrogens with zero attached hydrogens (tertiary/aromatic N) is 3. The molecule has 1 heterocycles. The van der Waals surface area contributed by atoms with Crippen molar-refractivity contribution >= 4 is 44.8 Å². The molecule has 27 heavy (non-hydrogen) atoms. The van der Waals surface area contributed by atoms with Gasteiger partial charge >= 0.3 is 0 Å². The molecule has 0 radical (unpaired) electrons. The number of anilines is 1. The summed E-state index contributed by atoms with van der Waals surface area (Å²) in [5, 5.41) is 3.34. The van der Waals surface area contributed by atoms with Gasteiger partial charge in [0.1, 0.15) is 6.54 Å². The van der Waals surface area contributed by atoms with Gasteiger partial charge in [0.05, 0.1) is 17.0 Å². The molecule has 0 bridgehead atoms. The predicted molar refractivity (Wildman–Crippen MR) is 110 cm³/mol. The number of likely N-dealkylation sites (N-methyl/N-ethyl adjacent to an activating group) is 1. The molecule has 1 aromatic rings. The fourth-order valence-corrected chi connectivity index (χ4v) is 4.14. The SMILES string of the molecule is CN1CCN(CCCNC(=O)CN(c2cc(Cl)ccc2Cl)S(C)(=O)=O)CC1. The summed E-state index contributed by atoms with van der Waals surface area (Å²) in [5.74, 6) is -0.380. The second kappa shape index (κ2) is 9.93. The number of benzene rings is 1. The Kier molecular flexibility index (Phi) is 8.18. The average Bonchev–Trinajstić information content (AvgIpc) is 2.59. The number of carbonyl (C=O) groups excluding carboxylic acids is 1. The molecule has 1 aliphatic rings. The molecular formula is C17H26Cl2N4O3S. The molecule has 10 heteroatoms. The lowest BCUT2D eigenvalue weighted by Crippen LogP contribution is -2.45. The van der Waals surface area contributed by atoms with Gasteiger partial charge in [-0.25, -0.2) is 8.42 Å². The van der Waals surface area contributed by atoms with Crippen molar-refractivity contribution in [1.29, 1.82) is 0 Å². The third-order valence-corrected chi connectivity index (χ3v) is 6.11. The van der Waals surface area contributed by atoms with Crippen LogP contribution in [0.25, 0.3) is 0 Å². The van der Waals surface area contributed by atoms with Gasteiger partial charge in [0.15, 0.2) is 0 Å². The summed E-state index contributed by atoms with van der Waals surface area (Å²) in [4.78, 5) is 16.9. The quantitative estimate of drug-likeness (QED) is 0.625. The second-order valence-corrected chi connectivity index (χ2v) is 9.46. The van der Waals surface area contributed by atoms with Gasteiger partial charge in [-0.3, -0.25) is 9.10 Å². The maximum atomic E-state index is 12.3. The van der Waals surface area contributed by atoms with Crippen LogP contribution in [0.5, 0.6) is 0 Å². The summed E-state index contributed by atoms with van der Waals surface area (Å²) in [7, 11) is -1.58. The van der Waals surface area contributed by atoms with E-state index in [1.165, 1.54) is 12.1 Å². The van der Waals surface area contributed by atoms with Crippen LogP contribution in [-0.4, -0.2) is 83.2 Å². The van der Waals surface area contributed by atoms with Gasteiger partial charge in [-0.05, 0) is 38.2 Å². The van der Waals surface area contributed by atoms with E-state index in [2.05, 4.69) is 22.2 Å². The first-order chi connectivity index (χ1) is 12.7. The molecular weight excluding hydrogens is 411 g/mol. The first-order valence-corrected chi connectivity index (χ1v) is 11.4. The maximum Gasteiger partial charge on any atom is 0.240 e. The lowest BCUT2D eigenvalue weighted by atomic mass is 10.3. The number of hydrogen-bond donors (Lipinski definition) is 1. The normalized spacial score (nSPS) is 16.3. The van der Waals surface area contributed by atoms with Crippen LogP contribution < -0.4 is 9.62 Å². The van der Waals surface area contributed by atoms with Crippen LogP contribution in [0.2, 0.25) is 10.0 Å². The standard InChI is InChI=1S/C17H26Cl2N4O3S/c1-21-8-10-22(11-9-21)7-3-6-20-17(24)13-23(27(2,25)26)16-12-14(18)4-5-15(16)19/h4-5,12H,3,6-11,13H2,1-2H3,(H,20,24). The maximum absolute atomic E-state index is 12.3. The van der Waals surface area contributed by atoms with Gasteiger partial charge < -0.3 is 15.1 Å². The van der Waals surface area contributed by atoms with E-state index in [0.29, 0.717) is 11.6 Å². The Balaban J connectivity index is 1.86. The molecule has 0 aliphatic carbocycles. The fourth-order valence-electron chi connectivity index (χ4n) is 2.85. The number of hydrogen-bond acceptors (Lipinski definition) is 5. The van der Waals surface area contributed by atoms with Crippen LogP contribution in [0.1, 0.15) is 6.42 Å². The van der Waals surface area contributed by atoms with Crippen molar-refractivity contribution in [2.24, 2.45) is 0 Å². The van der Waals surface area contributed by atoms with Crippen molar-refractivity contribution in [3.8, 4) is 0 Å². The monoisotopic (exact) mass is 436 g/mol. The Hall–Kier alpha value is -1.06. The summed E-state index contributed by atoms with van der Waals surface area (Å²) in [6.07, 6.45) is 1.84. The van der Waals surface area contributed by atoms with Crippen LogP contribution in [0.3, 0.4) is 0 Å². The van der Waals surface area contributed by atoms with Crippen molar-refractivity contribution in [2.75, 3.05) is 63.4 Å². The molecule has 0 aromatic heterocycles. The van der Waals surface area contributed by atoms with Crippen molar-refractivity contribution in [1.82, 2.24) is 15.1 Å². The smallest absolute Gasteiger partial charge is 0.240 e. The number of halogens is 2. The lowest BCUT2D eigenvalue weighted by Gasteiger charge is -2.32. The van der Waals surface area contributed by atoms with Gasteiger partial charge in [0.25, 0.3) is 0 Å². The number of piperazine rings is 1. The molecule has 0 atom stereocenters. The molecule has 1 amide bonds. The first kappa shape index (κ1) is 22.2. The summed E-state index contributed by atoms with van der Waals surface area (Å²) in [6.45, 7) is 5.22. The molecule has 1 N–H and O–H groups in total. The van der Waals surface area contributed by atoms with Crippen LogP contribution in [-0.2, 0) is 14.8 Å². The van der Waals surface area contributed by atoms with Gasteiger partial charge in [0, 0.05) is 37.7 Å². The predicted octanol–water partition coefficient (Wildman–Crippen LogP) is 1.51. The second-order valence-electron chi connectivity index (χ2n) is 6.71. The number of nitrogens with one attached hydrogen (secondary N) is 1. The molecule has 1 aromatic carbocycles. The molecule has 0 saturated carbocycles. The molecule has 0 spiro atoms. The van der Waals surface area contributed by atoms with Crippen LogP contribution in [0, 0.1) is 0 Å². The minimum atomic E-state index is -3.69. The van der Waals surface area contributed by atoms with E-state index in [1.54, 1.807) is 6.07 Å². The van der Waals surface area contributed by atoms with Gasteiger partial charge in [-0.1, -0.05) is 23.2 Å². The Morgan fingerprint density at radius 3 is 2.52 bits per heavy atom. The van der Waals surface area contributed by atoms with E-state index >= 15 is 0 Å². The number of amides is 1. The highest BCUT2D eigenvalue weighted by atomic mass is 35.5. The average molecular weight is 437 g/mol. The summed E-state index contributed by atoms with van der Waals surface area (Å²) < 4.78 is 25.2. The zero-order chi connectivity index (χ0) is 20.0. The van der Waals surface area contributed by atoms with Crippen molar-refractivity contribution in [3.05, 3.63) is 28.2 Å². The Morgan fingerprint density at radius 2 is 1.89 bits per heavy atom. The Bertz CT molecular complexity index is 753. The molecule has 152 valence electrons. The molecule has 0 unspecified atom stereocenters. The van der Waals surface area contributed by atoms with E-state index in [9.17, 15) is 13.2 Å². The topological polar surface area (TPSA) is 73.0 Å². The van der Waals surface area contributed by atoms with Gasteiger partial charge in [-0.15, -0.1) is 0 Å². The van der Waals surface area contributed by atoms with Crippen LogP contribution in [0.4, 0.5) is 5.69 Å². The summed E-state index contributed by atoms with van der Waals surface area (Å²) in [5.41, 5.74) is 0.194. The highest BCUT2D eigenvalue weighted by molar-refractivity contribution is 7.92. The molecule has 7 nitrogen and oxygen atoms in total. The lowest BCUT2D eigenvalue weighted by molar-refractivity contribution is -0.119. The largest absolute Gasteiger partial charge is 0.354 e. The van der Waals surface area contributed by atoms with E-state index < -0.39 is 10.0 Å². The number of sulfonamides is 1. The van der Waals surface area contributed by atoms with E-state index in [0.717, 1.165) is 49.7 Å². The minimum Gasteiger partial charge on any atom is -0.354 e. The van der Waals surface area contributed by atoms with Crippen LogP contribution >= 0.6 is 23.2 Å². The van der Waals surface area contributed by atoms with E-state index in [4.69, 9.17) is 23.2 Å². The van der Waals surface area contributed by atoms with Crippen molar-refractivity contribution < 1.29 is 13.2 Å². The zero-order valence-electron chi connectivity index (χ0n) is 15.6. The fraction of sp³-hybridized carbons (Fsp3) is 0.588. The van der Waals surface area contributed by atoms with Crippen molar-refractivity contribution in [2.45, 2.75) is 6.42 Å². The zero-order valence-corrected chi connectivity index (χ0v) is 17.9. The van der Waals surface area contributed by atoms with E-state index in [-0.39, 0.29) is 23.2 Å². The van der Waals surface area contributed by atoms with E-state index in [1.807, 2.05) is 0 Å². The Morgan fingerprint density at radius 1 is 1.22 bits per heavy atom. The molecule has 1 saturated heterocycles. The highest BCUT2D eigenvalue weighted by Gasteiger charge is 2.23. The third kappa shape index (κ3) is 7.12. The number of carbonyl (C=O) groups is 1. The van der Waals surface area contributed by atoms with Crippen molar-refractivity contribution in [3.63, 3.8) is 0 Å². The van der Waals surface area contributed by atoms with Gasteiger partial charge in [0.2, 0.25) is 15.9 Å². The molecule has 1 fully saturated rings. The first-order valence-electron chi connectivity index (χ1n) is 8.77. The molecule has 2 rings (SSSR count). The third-order valence-electron chi connectivity index (χ3n) is 4.43. The number of rotatable bonds is 8. The van der Waals surface area contributed by atoms with Gasteiger partial charge in [-0.2, -0.15) is 0 Å². The summed E-state index contributed by atoms with van der Waals surface area (Å²) >= 11 is 12.0. The highest BCUT2D eigenvalue weighted by Crippen LogP contribution is 2.30. The molecule has 1 aliphatic heterocycles. The Labute approximate surface area is 171 Å².